The van der Waals surface area contributed by atoms with Crippen molar-refractivity contribution < 1.29 is 18.1 Å². The summed E-state index contributed by atoms with van der Waals surface area (Å²) in [6.45, 7) is 0.173. The molecule has 5 nitrogen and oxygen atoms in total. The number of nitrogens with zero attached hydrogens (tertiary/aromatic N) is 3. The van der Waals surface area contributed by atoms with Gasteiger partial charge in [-0.2, -0.15) is 17.9 Å². The SMILES string of the molecule is O=[N+]([O-])c1ccn(Cc2ccc(C(F)(F)F)cc2)n1. The second kappa shape index (κ2) is 4.71. The molecule has 0 aliphatic carbocycles. The Hall–Kier alpha value is -2.38. The fourth-order valence-electron chi connectivity index (χ4n) is 1.52. The molecule has 0 N–H and O–H groups in total. The molecule has 0 radical (unpaired) electrons. The minimum atomic E-state index is -4.37. The van der Waals surface area contributed by atoms with Crippen molar-refractivity contribution >= 4 is 5.82 Å². The number of hydrogen-bond donors (Lipinski definition) is 0. The number of hydrogen-bond acceptors (Lipinski definition) is 3. The molecule has 100 valence electrons. The molecule has 1 aromatic heterocycles. The summed E-state index contributed by atoms with van der Waals surface area (Å²) in [6, 6.07) is 5.79. The van der Waals surface area contributed by atoms with E-state index in [4.69, 9.17) is 0 Å². The molecule has 0 bridgehead atoms. The van der Waals surface area contributed by atoms with E-state index >= 15 is 0 Å². The summed E-state index contributed by atoms with van der Waals surface area (Å²) in [6.07, 6.45) is -2.97. The average Bonchev–Trinajstić information content (AvgIpc) is 2.77. The summed E-state index contributed by atoms with van der Waals surface area (Å²) in [5, 5.41) is 14.1. The molecular formula is C11H8F3N3O2. The van der Waals surface area contributed by atoms with Crippen LogP contribution in [0.25, 0.3) is 0 Å². The van der Waals surface area contributed by atoms with Gasteiger partial charge in [-0.15, -0.1) is 0 Å². The minimum absolute atomic E-state index is 0.173. The van der Waals surface area contributed by atoms with Crippen molar-refractivity contribution in [3.05, 3.63) is 57.8 Å². The van der Waals surface area contributed by atoms with Crippen LogP contribution in [0.3, 0.4) is 0 Å². The molecule has 0 saturated carbocycles. The second-order valence-electron chi connectivity index (χ2n) is 3.82. The van der Waals surface area contributed by atoms with E-state index in [1.54, 1.807) is 0 Å². The number of alkyl halides is 3. The first kappa shape index (κ1) is 13.1. The highest BCUT2D eigenvalue weighted by Gasteiger charge is 2.29. The highest BCUT2D eigenvalue weighted by molar-refractivity contribution is 5.25. The van der Waals surface area contributed by atoms with Gasteiger partial charge in [-0.25, -0.2) is 0 Å². The van der Waals surface area contributed by atoms with Crippen LogP contribution in [0.2, 0.25) is 0 Å². The summed E-state index contributed by atoms with van der Waals surface area (Å²) < 4.78 is 38.3. The first-order valence-corrected chi connectivity index (χ1v) is 5.20. The lowest BCUT2D eigenvalue weighted by Gasteiger charge is -2.06. The van der Waals surface area contributed by atoms with E-state index in [1.807, 2.05) is 0 Å². The maximum Gasteiger partial charge on any atom is 0.416 e. The zero-order valence-corrected chi connectivity index (χ0v) is 9.46. The maximum atomic E-state index is 12.3. The predicted molar refractivity (Wildman–Crippen MR) is 59.4 cm³/mol. The topological polar surface area (TPSA) is 61.0 Å². The number of aromatic nitrogens is 2. The summed E-state index contributed by atoms with van der Waals surface area (Å²) in [5.41, 5.74) is -0.159. The number of halogens is 3. The standard InChI is InChI=1S/C11H8F3N3O2/c12-11(13,14)9-3-1-8(2-4-9)7-16-6-5-10(15-16)17(18)19/h1-6H,7H2. The zero-order valence-electron chi connectivity index (χ0n) is 9.46. The normalized spacial score (nSPS) is 11.5. The first-order chi connectivity index (χ1) is 8.86. The highest BCUT2D eigenvalue weighted by Crippen LogP contribution is 2.29. The van der Waals surface area contributed by atoms with Crippen molar-refractivity contribution in [2.24, 2.45) is 0 Å². The summed E-state index contributed by atoms with van der Waals surface area (Å²) in [7, 11) is 0. The molecule has 0 aliphatic rings. The van der Waals surface area contributed by atoms with Gasteiger partial charge in [-0.05, 0) is 22.6 Å². The van der Waals surface area contributed by atoms with E-state index in [9.17, 15) is 23.3 Å². The van der Waals surface area contributed by atoms with E-state index in [2.05, 4.69) is 5.10 Å². The number of rotatable bonds is 3. The molecule has 0 spiro atoms. The Kier molecular flexibility index (Phi) is 3.24. The van der Waals surface area contributed by atoms with Gasteiger partial charge in [0.05, 0.1) is 29.5 Å². The third kappa shape index (κ3) is 3.09. The van der Waals surface area contributed by atoms with Gasteiger partial charge >= 0.3 is 12.0 Å². The Balaban J connectivity index is 2.13. The lowest BCUT2D eigenvalue weighted by molar-refractivity contribution is -0.389. The minimum Gasteiger partial charge on any atom is -0.358 e. The van der Waals surface area contributed by atoms with Crippen molar-refractivity contribution in [3.8, 4) is 0 Å². The van der Waals surface area contributed by atoms with Gasteiger partial charge < -0.3 is 10.1 Å². The van der Waals surface area contributed by atoms with Gasteiger partial charge in [-0.3, -0.25) is 0 Å². The molecule has 0 amide bonds. The Morgan fingerprint density at radius 1 is 1.21 bits per heavy atom. The van der Waals surface area contributed by atoms with E-state index in [1.165, 1.54) is 29.1 Å². The van der Waals surface area contributed by atoms with Crippen LogP contribution in [0, 0.1) is 10.1 Å². The molecule has 19 heavy (non-hydrogen) atoms. The van der Waals surface area contributed by atoms with E-state index in [-0.39, 0.29) is 12.4 Å². The Labute approximate surface area is 105 Å². The van der Waals surface area contributed by atoms with Crippen LogP contribution in [0.1, 0.15) is 11.1 Å². The van der Waals surface area contributed by atoms with Crippen molar-refractivity contribution in [2.75, 3.05) is 0 Å². The van der Waals surface area contributed by atoms with Crippen LogP contribution in [0.15, 0.2) is 36.5 Å². The van der Waals surface area contributed by atoms with Gasteiger partial charge in [0.25, 0.3) is 0 Å². The van der Waals surface area contributed by atoms with Crippen LogP contribution in [-0.4, -0.2) is 14.7 Å². The van der Waals surface area contributed by atoms with Crippen molar-refractivity contribution in [1.82, 2.24) is 9.78 Å². The third-order valence-corrected chi connectivity index (χ3v) is 2.44. The average molecular weight is 271 g/mol. The molecule has 1 aromatic carbocycles. The molecule has 0 saturated heterocycles. The fourth-order valence-corrected chi connectivity index (χ4v) is 1.52. The zero-order chi connectivity index (χ0) is 14.0. The summed E-state index contributed by atoms with van der Waals surface area (Å²) in [5.74, 6) is -0.299. The Morgan fingerprint density at radius 2 is 1.84 bits per heavy atom. The Bertz CT molecular complexity index is 590. The lowest BCUT2D eigenvalue weighted by Crippen LogP contribution is -2.06. The number of nitro groups is 1. The van der Waals surface area contributed by atoms with Crippen LogP contribution in [-0.2, 0) is 12.7 Å². The van der Waals surface area contributed by atoms with Crippen molar-refractivity contribution in [3.63, 3.8) is 0 Å². The fraction of sp³-hybridized carbons (Fsp3) is 0.182. The van der Waals surface area contributed by atoms with E-state index < -0.39 is 16.7 Å². The van der Waals surface area contributed by atoms with Crippen LogP contribution in [0.4, 0.5) is 19.0 Å². The van der Waals surface area contributed by atoms with Crippen molar-refractivity contribution in [2.45, 2.75) is 12.7 Å². The first-order valence-electron chi connectivity index (χ1n) is 5.20. The van der Waals surface area contributed by atoms with Gasteiger partial charge in [0.15, 0.2) is 0 Å². The molecule has 0 atom stereocenters. The number of benzene rings is 1. The smallest absolute Gasteiger partial charge is 0.358 e. The summed E-state index contributed by atoms with van der Waals surface area (Å²) in [4.78, 5) is 9.79. The maximum absolute atomic E-state index is 12.3. The largest absolute Gasteiger partial charge is 0.416 e. The van der Waals surface area contributed by atoms with Gasteiger partial charge in [0, 0.05) is 0 Å². The Morgan fingerprint density at radius 3 is 2.32 bits per heavy atom. The molecule has 1 heterocycles. The van der Waals surface area contributed by atoms with Crippen molar-refractivity contribution in [1.29, 1.82) is 0 Å². The molecule has 0 fully saturated rings. The van der Waals surface area contributed by atoms with Crippen LogP contribution < -0.4 is 0 Å². The molecular weight excluding hydrogens is 263 g/mol. The molecule has 2 aromatic rings. The summed E-state index contributed by atoms with van der Waals surface area (Å²) >= 11 is 0. The van der Waals surface area contributed by atoms with E-state index in [0.29, 0.717) is 5.56 Å². The molecule has 8 heteroatoms. The van der Waals surface area contributed by atoms with Crippen LogP contribution in [0.5, 0.6) is 0 Å². The molecule has 2 rings (SSSR count). The van der Waals surface area contributed by atoms with Gasteiger partial charge in [0.1, 0.15) is 0 Å². The quantitative estimate of drug-likeness (QED) is 0.637. The second-order valence-corrected chi connectivity index (χ2v) is 3.82. The van der Waals surface area contributed by atoms with Gasteiger partial charge in [-0.1, -0.05) is 12.1 Å². The predicted octanol–water partition coefficient (Wildman–Crippen LogP) is 2.86. The molecule has 0 unspecified atom stereocenters. The monoisotopic (exact) mass is 271 g/mol. The third-order valence-electron chi connectivity index (χ3n) is 2.44. The highest BCUT2D eigenvalue weighted by atomic mass is 19.4. The van der Waals surface area contributed by atoms with E-state index in [0.717, 1.165) is 12.1 Å². The lowest BCUT2D eigenvalue weighted by atomic mass is 10.1. The molecule has 0 aliphatic heterocycles. The van der Waals surface area contributed by atoms with Gasteiger partial charge in [0.2, 0.25) is 0 Å². The van der Waals surface area contributed by atoms with Crippen LogP contribution >= 0.6 is 0 Å².